The Balaban J connectivity index is 1.49. The van der Waals surface area contributed by atoms with Gasteiger partial charge in [-0.1, -0.05) is 30.3 Å². The first-order chi connectivity index (χ1) is 14.2. The smallest absolute Gasteiger partial charge is 0.255 e. The van der Waals surface area contributed by atoms with E-state index >= 15 is 0 Å². The molecule has 0 aliphatic heterocycles. The summed E-state index contributed by atoms with van der Waals surface area (Å²) in [5.41, 5.74) is 2.33. The van der Waals surface area contributed by atoms with Gasteiger partial charge in [0.05, 0.1) is 5.69 Å². The Labute approximate surface area is 166 Å². The lowest BCUT2D eigenvalue weighted by molar-refractivity contribution is 0.102. The number of para-hydroxylation sites is 1. The van der Waals surface area contributed by atoms with E-state index < -0.39 is 0 Å². The zero-order chi connectivity index (χ0) is 20.1. The van der Waals surface area contributed by atoms with Crippen LogP contribution in [-0.4, -0.2) is 16.1 Å². The third-order valence-electron chi connectivity index (χ3n) is 4.13. The molecular weight excluding hydrogens is 369 g/mol. The van der Waals surface area contributed by atoms with Crippen LogP contribution in [0.25, 0.3) is 11.3 Å². The van der Waals surface area contributed by atoms with E-state index in [1.165, 1.54) is 24.3 Å². The van der Waals surface area contributed by atoms with Gasteiger partial charge in [-0.05, 0) is 54.6 Å². The molecule has 1 heterocycles. The van der Waals surface area contributed by atoms with Gasteiger partial charge in [-0.15, -0.1) is 10.2 Å². The Kier molecular flexibility index (Phi) is 5.25. The second-order valence-electron chi connectivity index (χ2n) is 6.21. The average molecular weight is 385 g/mol. The number of carbonyl (C=O) groups excluding carboxylic acids is 1. The lowest BCUT2D eigenvalue weighted by Gasteiger charge is -2.08. The maximum absolute atomic E-state index is 13.0. The zero-order valence-electron chi connectivity index (χ0n) is 15.2. The highest BCUT2D eigenvalue weighted by atomic mass is 19.1. The Morgan fingerprint density at radius 3 is 2.34 bits per heavy atom. The number of hydrogen-bond donors (Lipinski definition) is 1. The molecule has 6 heteroatoms. The van der Waals surface area contributed by atoms with Crippen LogP contribution in [0, 0.1) is 5.82 Å². The van der Waals surface area contributed by atoms with Crippen LogP contribution in [0.3, 0.4) is 0 Å². The van der Waals surface area contributed by atoms with Gasteiger partial charge in [0.25, 0.3) is 5.91 Å². The quantitative estimate of drug-likeness (QED) is 0.504. The van der Waals surface area contributed by atoms with Gasteiger partial charge in [0.1, 0.15) is 11.6 Å². The van der Waals surface area contributed by atoms with Crippen molar-refractivity contribution in [2.45, 2.75) is 0 Å². The number of anilines is 1. The molecule has 0 radical (unpaired) electrons. The van der Waals surface area contributed by atoms with Crippen molar-refractivity contribution in [3.63, 3.8) is 0 Å². The third-order valence-corrected chi connectivity index (χ3v) is 4.13. The molecule has 4 rings (SSSR count). The molecule has 5 nitrogen and oxygen atoms in total. The molecule has 0 saturated carbocycles. The Bertz CT molecular complexity index is 1110. The number of carbonyl (C=O) groups is 1. The summed E-state index contributed by atoms with van der Waals surface area (Å²) in [6, 6.07) is 25.5. The molecule has 0 bridgehead atoms. The molecule has 3 aromatic carbocycles. The molecule has 0 aliphatic carbocycles. The lowest BCUT2D eigenvalue weighted by atomic mass is 10.1. The van der Waals surface area contributed by atoms with E-state index in [1.54, 1.807) is 30.3 Å². The maximum Gasteiger partial charge on any atom is 0.255 e. The molecule has 0 aliphatic rings. The van der Waals surface area contributed by atoms with Gasteiger partial charge in [0.15, 0.2) is 0 Å². The normalized spacial score (nSPS) is 10.4. The molecule has 0 spiro atoms. The molecule has 142 valence electrons. The van der Waals surface area contributed by atoms with Gasteiger partial charge in [0, 0.05) is 22.9 Å². The SMILES string of the molecule is O=C(Nc1ccc(F)cc1)c1cccc(-c2ccc(Oc3ccccc3)nn2)c1. The highest BCUT2D eigenvalue weighted by Gasteiger charge is 2.09. The fraction of sp³-hybridized carbons (Fsp3) is 0. The maximum atomic E-state index is 13.0. The summed E-state index contributed by atoms with van der Waals surface area (Å²) >= 11 is 0. The van der Waals surface area contributed by atoms with Crippen molar-refractivity contribution >= 4 is 11.6 Å². The van der Waals surface area contributed by atoms with Gasteiger partial charge in [-0.3, -0.25) is 4.79 Å². The van der Waals surface area contributed by atoms with E-state index in [0.717, 1.165) is 5.56 Å². The van der Waals surface area contributed by atoms with Crippen molar-refractivity contribution in [1.82, 2.24) is 10.2 Å². The van der Waals surface area contributed by atoms with Gasteiger partial charge in [-0.2, -0.15) is 0 Å². The number of benzene rings is 3. The molecule has 0 unspecified atom stereocenters. The molecule has 4 aromatic rings. The molecule has 1 aromatic heterocycles. The summed E-state index contributed by atoms with van der Waals surface area (Å²) in [6.45, 7) is 0. The highest BCUT2D eigenvalue weighted by Crippen LogP contribution is 2.22. The van der Waals surface area contributed by atoms with E-state index in [2.05, 4.69) is 15.5 Å². The third kappa shape index (κ3) is 4.62. The van der Waals surface area contributed by atoms with Gasteiger partial charge < -0.3 is 10.1 Å². The minimum absolute atomic E-state index is 0.296. The predicted molar refractivity (Wildman–Crippen MR) is 108 cm³/mol. The van der Waals surface area contributed by atoms with Gasteiger partial charge in [0.2, 0.25) is 5.88 Å². The molecule has 0 fully saturated rings. The summed E-state index contributed by atoms with van der Waals surface area (Å²) in [5, 5.41) is 11.0. The number of hydrogen-bond acceptors (Lipinski definition) is 4. The second kappa shape index (κ2) is 8.31. The van der Waals surface area contributed by atoms with Crippen LogP contribution in [0.4, 0.5) is 10.1 Å². The number of amides is 1. The van der Waals surface area contributed by atoms with E-state index in [-0.39, 0.29) is 11.7 Å². The Morgan fingerprint density at radius 1 is 0.828 bits per heavy atom. The number of ether oxygens (including phenoxy) is 1. The number of halogens is 1. The number of nitrogens with zero attached hydrogens (tertiary/aromatic N) is 2. The number of aromatic nitrogens is 2. The minimum atomic E-state index is -0.358. The topological polar surface area (TPSA) is 64.1 Å². The van der Waals surface area contributed by atoms with Crippen LogP contribution < -0.4 is 10.1 Å². The summed E-state index contributed by atoms with van der Waals surface area (Å²) in [4.78, 5) is 12.5. The largest absolute Gasteiger partial charge is 0.438 e. The molecule has 29 heavy (non-hydrogen) atoms. The monoisotopic (exact) mass is 385 g/mol. The van der Waals surface area contributed by atoms with E-state index in [1.807, 2.05) is 36.4 Å². The van der Waals surface area contributed by atoms with Crippen LogP contribution >= 0.6 is 0 Å². The molecule has 1 amide bonds. The van der Waals surface area contributed by atoms with Gasteiger partial charge in [-0.25, -0.2) is 4.39 Å². The minimum Gasteiger partial charge on any atom is -0.438 e. The van der Waals surface area contributed by atoms with Crippen LogP contribution in [0.15, 0.2) is 91.0 Å². The van der Waals surface area contributed by atoms with E-state index in [0.29, 0.717) is 28.6 Å². The molecule has 0 atom stereocenters. The summed E-state index contributed by atoms with van der Waals surface area (Å²) in [5.74, 6) is 0.401. The highest BCUT2D eigenvalue weighted by molar-refractivity contribution is 6.04. The molecule has 1 N–H and O–H groups in total. The summed E-state index contributed by atoms with van der Waals surface area (Å²) in [6.07, 6.45) is 0. The van der Waals surface area contributed by atoms with Gasteiger partial charge >= 0.3 is 0 Å². The summed E-state index contributed by atoms with van der Waals surface area (Å²) in [7, 11) is 0. The Hall–Kier alpha value is -4.06. The van der Waals surface area contributed by atoms with Crippen LogP contribution in [0.1, 0.15) is 10.4 Å². The van der Waals surface area contributed by atoms with E-state index in [4.69, 9.17) is 4.74 Å². The standard InChI is InChI=1S/C23H16FN3O2/c24-18-9-11-19(12-10-18)25-23(28)17-6-4-5-16(15-17)21-13-14-22(27-26-21)29-20-7-2-1-3-8-20/h1-15H,(H,25,28). The number of rotatable bonds is 5. The van der Waals surface area contributed by atoms with Crippen LogP contribution in [-0.2, 0) is 0 Å². The zero-order valence-corrected chi connectivity index (χ0v) is 15.2. The predicted octanol–water partition coefficient (Wildman–Crippen LogP) is 5.33. The number of nitrogens with one attached hydrogen (secondary N) is 1. The van der Waals surface area contributed by atoms with Crippen molar-refractivity contribution in [3.8, 4) is 22.9 Å². The van der Waals surface area contributed by atoms with Crippen LogP contribution in [0.5, 0.6) is 11.6 Å². The lowest BCUT2D eigenvalue weighted by Crippen LogP contribution is -2.11. The van der Waals surface area contributed by atoms with Crippen molar-refractivity contribution in [2.75, 3.05) is 5.32 Å². The fourth-order valence-electron chi connectivity index (χ4n) is 2.69. The molecule has 0 saturated heterocycles. The first-order valence-electron chi connectivity index (χ1n) is 8.91. The van der Waals surface area contributed by atoms with E-state index in [9.17, 15) is 9.18 Å². The first-order valence-corrected chi connectivity index (χ1v) is 8.91. The Morgan fingerprint density at radius 2 is 1.62 bits per heavy atom. The van der Waals surface area contributed by atoms with Crippen molar-refractivity contribution in [2.24, 2.45) is 0 Å². The van der Waals surface area contributed by atoms with Crippen molar-refractivity contribution < 1.29 is 13.9 Å². The summed E-state index contributed by atoms with van der Waals surface area (Å²) < 4.78 is 18.6. The second-order valence-corrected chi connectivity index (χ2v) is 6.21. The molecular formula is C23H16FN3O2. The van der Waals surface area contributed by atoms with Crippen molar-refractivity contribution in [3.05, 3.63) is 102 Å². The van der Waals surface area contributed by atoms with Crippen molar-refractivity contribution in [1.29, 1.82) is 0 Å². The van der Waals surface area contributed by atoms with Crippen LogP contribution in [0.2, 0.25) is 0 Å². The average Bonchev–Trinajstić information content (AvgIpc) is 2.77. The first kappa shape index (κ1) is 18.3. The fourth-order valence-corrected chi connectivity index (χ4v) is 2.69.